The van der Waals surface area contributed by atoms with E-state index in [0.717, 1.165) is 36.3 Å². The first kappa shape index (κ1) is 21.6. The number of anilines is 1. The molecule has 2 heterocycles. The summed E-state index contributed by atoms with van der Waals surface area (Å²) in [5.74, 6) is -0.0928. The van der Waals surface area contributed by atoms with Crippen molar-refractivity contribution in [3.63, 3.8) is 0 Å². The highest BCUT2D eigenvalue weighted by Crippen LogP contribution is 2.32. The van der Waals surface area contributed by atoms with Crippen molar-refractivity contribution in [3.8, 4) is 0 Å². The van der Waals surface area contributed by atoms with Crippen LogP contribution in [0.15, 0.2) is 35.2 Å². The fraction of sp³-hybridized carbons (Fsp3) is 0.350. The summed E-state index contributed by atoms with van der Waals surface area (Å²) < 4.78 is 0.595. The predicted molar refractivity (Wildman–Crippen MR) is 123 cm³/mol. The van der Waals surface area contributed by atoms with E-state index >= 15 is 0 Å². The van der Waals surface area contributed by atoms with Gasteiger partial charge >= 0.3 is 0 Å². The van der Waals surface area contributed by atoms with Crippen LogP contribution in [0.2, 0.25) is 0 Å². The quantitative estimate of drug-likeness (QED) is 0.347. The molecule has 2 aromatic rings. The fourth-order valence-corrected chi connectivity index (χ4v) is 4.76. The Labute approximate surface area is 183 Å². The number of carbonyl (C=O) groups is 2. The van der Waals surface area contributed by atoms with Gasteiger partial charge in [0, 0.05) is 13.0 Å². The number of carbonyl (C=O) groups excluding carboxylic acids is 2. The molecule has 1 aromatic carbocycles. The van der Waals surface area contributed by atoms with Gasteiger partial charge in [0.25, 0.3) is 5.91 Å². The van der Waals surface area contributed by atoms with Crippen molar-refractivity contribution < 1.29 is 9.59 Å². The number of unbranched alkanes of at least 4 members (excludes halogenated alkanes) is 2. The molecule has 9 heteroatoms. The van der Waals surface area contributed by atoms with Gasteiger partial charge in [-0.25, -0.2) is 0 Å². The van der Waals surface area contributed by atoms with E-state index in [9.17, 15) is 9.59 Å². The lowest BCUT2D eigenvalue weighted by Crippen LogP contribution is -2.29. The van der Waals surface area contributed by atoms with Crippen molar-refractivity contribution in [1.82, 2.24) is 15.1 Å². The maximum absolute atomic E-state index is 12.6. The van der Waals surface area contributed by atoms with E-state index in [2.05, 4.69) is 15.5 Å². The molecule has 152 valence electrons. The molecule has 29 heavy (non-hydrogen) atoms. The van der Waals surface area contributed by atoms with Crippen LogP contribution in [-0.2, 0) is 16.0 Å². The van der Waals surface area contributed by atoms with Crippen molar-refractivity contribution in [3.05, 3.63) is 45.8 Å². The van der Waals surface area contributed by atoms with Gasteiger partial charge in [-0.3, -0.25) is 14.5 Å². The second-order valence-corrected chi connectivity index (χ2v) is 9.20. The van der Waals surface area contributed by atoms with Gasteiger partial charge in [-0.15, -0.1) is 10.2 Å². The van der Waals surface area contributed by atoms with Gasteiger partial charge in [-0.05, 0) is 30.9 Å². The number of nitrogens with one attached hydrogen (secondary N) is 1. The minimum absolute atomic E-state index is 0.0374. The molecule has 1 aliphatic heterocycles. The highest BCUT2D eigenvalue weighted by molar-refractivity contribution is 8.26. The normalized spacial score (nSPS) is 15.3. The zero-order valence-electron chi connectivity index (χ0n) is 16.1. The summed E-state index contributed by atoms with van der Waals surface area (Å²) in [6.45, 7) is 2.58. The van der Waals surface area contributed by atoms with Crippen molar-refractivity contribution >= 4 is 62.7 Å². The van der Waals surface area contributed by atoms with Crippen LogP contribution in [0.3, 0.4) is 0 Å². The van der Waals surface area contributed by atoms with Gasteiger partial charge in [0.1, 0.15) is 9.33 Å². The molecule has 1 N–H and O–H groups in total. The maximum Gasteiger partial charge on any atom is 0.266 e. The van der Waals surface area contributed by atoms with Crippen LogP contribution in [0.1, 0.15) is 43.2 Å². The smallest absolute Gasteiger partial charge is 0.266 e. The molecule has 0 radical (unpaired) electrons. The summed E-state index contributed by atoms with van der Waals surface area (Å²) in [5.41, 5.74) is 0.987. The van der Waals surface area contributed by atoms with E-state index in [-0.39, 0.29) is 11.8 Å². The van der Waals surface area contributed by atoms with Crippen LogP contribution < -0.4 is 5.32 Å². The Morgan fingerprint density at radius 1 is 1.21 bits per heavy atom. The largest absolute Gasteiger partial charge is 0.301 e. The summed E-state index contributed by atoms with van der Waals surface area (Å²) in [5, 5.41) is 12.2. The number of thiocarbonyl (C=S) groups is 1. The second kappa shape index (κ2) is 10.6. The molecule has 0 spiro atoms. The third-order valence-electron chi connectivity index (χ3n) is 4.27. The van der Waals surface area contributed by atoms with Crippen LogP contribution >= 0.6 is 35.3 Å². The van der Waals surface area contributed by atoms with Gasteiger partial charge < -0.3 is 5.32 Å². The third-order valence-corrected chi connectivity index (χ3v) is 6.63. The molecule has 0 aliphatic carbocycles. The Morgan fingerprint density at radius 2 is 2.00 bits per heavy atom. The Kier molecular flexibility index (Phi) is 7.91. The van der Waals surface area contributed by atoms with Crippen LogP contribution in [-0.4, -0.2) is 37.8 Å². The van der Waals surface area contributed by atoms with E-state index in [0.29, 0.717) is 27.3 Å². The van der Waals surface area contributed by atoms with Gasteiger partial charge in [-0.1, -0.05) is 79.0 Å². The fourth-order valence-electron chi connectivity index (χ4n) is 2.75. The first-order chi connectivity index (χ1) is 14.1. The van der Waals surface area contributed by atoms with Gasteiger partial charge in [0.05, 0.1) is 4.91 Å². The molecular formula is C20H22N4O2S3. The zero-order valence-corrected chi connectivity index (χ0v) is 18.5. The lowest BCUT2D eigenvalue weighted by Gasteiger charge is -2.13. The maximum atomic E-state index is 12.6. The van der Waals surface area contributed by atoms with Crippen LogP contribution in [0.5, 0.6) is 0 Å². The number of nitrogens with zero attached hydrogens (tertiary/aromatic N) is 3. The first-order valence-electron chi connectivity index (χ1n) is 9.49. The highest BCUT2D eigenvalue weighted by atomic mass is 32.2. The Hall–Kier alpha value is -2.10. The van der Waals surface area contributed by atoms with Gasteiger partial charge in [0.15, 0.2) is 0 Å². The third kappa shape index (κ3) is 6.19. The van der Waals surface area contributed by atoms with Crippen LogP contribution in [0, 0.1) is 0 Å². The van der Waals surface area contributed by atoms with Crippen molar-refractivity contribution in [2.45, 2.75) is 39.0 Å². The SMILES string of the molecule is CCc1nnc(NC(=O)CCCCCN2C(=O)/C(=C/c3ccccc3)SC2=S)s1. The molecule has 1 aliphatic rings. The highest BCUT2D eigenvalue weighted by Gasteiger charge is 2.31. The van der Waals surface area contributed by atoms with Gasteiger partial charge in [0.2, 0.25) is 11.0 Å². The van der Waals surface area contributed by atoms with E-state index in [1.807, 2.05) is 43.3 Å². The number of aryl methyl sites for hydroxylation is 1. The van der Waals surface area contributed by atoms with E-state index < -0.39 is 0 Å². The number of amides is 2. The second-order valence-electron chi connectivity index (χ2n) is 6.46. The topological polar surface area (TPSA) is 75.2 Å². The Balaban J connectivity index is 1.39. The van der Waals surface area contributed by atoms with E-state index in [1.165, 1.54) is 23.1 Å². The van der Waals surface area contributed by atoms with Gasteiger partial charge in [-0.2, -0.15) is 0 Å². The summed E-state index contributed by atoms with van der Waals surface area (Å²) in [6.07, 6.45) is 5.51. The predicted octanol–water partition coefficient (Wildman–Crippen LogP) is 4.50. The lowest BCUT2D eigenvalue weighted by atomic mass is 10.2. The van der Waals surface area contributed by atoms with Crippen molar-refractivity contribution in [1.29, 1.82) is 0 Å². The number of hydrogen-bond donors (Lipinski definition) is 1. The average Bonchev–Trinajstić information content (AvgIpc) is 3.27. The van der Waals surface area contributed by atoms with Crippen molar-refractivity contribution in [2.24, 2.45) is 0 Å². The molecule has 0 bridgehead atoms. The molecule has 3 rings (SSSR count). The number of aromatic nitrogens is 2. The number of thioether (sulfide) groups is 1. The molecule has 0 atom stereocenters. The van der Waals surface area contributed by atoms with E-state index in [4.69, 9.17) is 12.2 Å². The minimum Gasteiger partial charge on any atom is -0.301 e. The molecule has 0 saturated carbocycles. The number of rotatable bonds is 9. The van der Waals surface area contributed by atoms with E-state index in [1.54, 1.807) is 4.90 Å². The van der Waals surface area contributed by atoms with Crippen LogP contribution in [0.4, 0.5) is 5.13 Å². The molecule has 1 aromatic heterocycles. The molecule has 0 unspecified atom stereocenters. The molecule has 2 amide bonds. The molecular weight excluding hydrogens is 424 g/mol. The Bertz CT molecular complexity index is 911. The number of benzene rings is 1. The minimum atomic E-state index is -0.0554. The molecule has 6 nitrogen and oxygen atoms in total. The lowest BCUT2D eigenvalue weighted by molar-refractivity contribution is -0.122. The first-order valence-corrected chi connectivity index (χ1v) is 11.5. The molecule has 1 saturated heterocycles. The van der Waals surface area contributed by atoms with Crippen LogP contribution in [0.25, 0.3) is 6.08 Å². The average molecular weight is 447 g/mol. The number of hydrogen-bond acceptors (Lipinski definition) is 7. The summed E-state index contributed by atoms with van der Waals surface area (Å²) in [6, 6.07) is 9.75. The van der Waals surface area contributed by atoms with Crippen molar-refractivity contribution in [2.75, 3.05) is 11.9 Å². The zero-order chi connectivity index (χ0) is 20.6. The molecule has 1 fully saturated rings. The standard InChI is InChI=1S/C20H22N4O2S3/c1-2-17-22-23-19(29-17)21-16(25)11-7-4-8-12-24-18(26)15(28-20(24)27)13-14-9-5-3-6-10-14/h3,5-6,9-10,13H,2,4,7-8,11-12H2,1H3,(H,21,23,25)/b15-13-. The summed E-state index contributed by atoms with van der Waals surface area (Å²) >= 11 is 8.11. The summed E-state index contributed by atoms with van der Waals surface area (Å²) in [4.78, 5) is 26.9. The Morgan fingerprint density at radius 3 is 2.72 bits per heavy atom. The summed E-state index contributed by atoms with van der Waals surface area (Å²) in [7, 11) is 0. The monoisotopic (exact) mass is 446 g/mol.